The fourth-order valence-corrected chi connectivity index (χ4v) is 0.909. The van der Waals surface area contributed by atoms with Crippen LogP contribution in [0.5, 0.6) is 0 Å². The zero-order valence-electron chi connectivity index (χ0n) is 8.01. The molecule has 0 bridgehead atoms. The lowest BCUT2D eigenvalue weighted by molar-refractivity contribution is -0.119. The normalized spacial score (nSPS) is 11.8. The summed E-state index contributed by atoms with van der Waals surface area (Å²) in [6.07, 6.45) is 3.01. The highest BCUT2D eigenvalue weighted by Crippen LogP contribution is 1.94. The van der Waals surface area contributed by atoms with Crippen LogP contribution in [0.4, 0.5) is 0 Å². The van der Waals surface area contributed by atoms with Crippen LogP contribution >= 0.6 is 0 Å². The Morgan fingerprint density at radius 3 is 2.53 bits per heavy atom. The van der Waals surface area contributed by atoms with Gasteiger partial charge in [-0.15, -0.1) is 0 Å². The third-order valence-electron chi connectivity index (χ3n) is 1.79. The van der Waals surface area contributed by atoms with Crippen molar-refractivity contribution in [2.24, 2.45) is 11.5 Å². The van der Waals surface area contributed by atoms with Crippen LogP contribution in [0.25, 0.3) is 0 Å². The van der Waals surface area contributed by atoms with Crippen molar-refractivity contribution < 1.29 is 9.59 Å². The standard InChI is InChI=1S/C9H12N4O2/c10-7(8(11)14)5-13-9(15)6-1-3-12-4-2-6/h1-4,7H,5,10H2,(H2,11,14)(H,13,15)/t7-/m0/s1. The number of carbonyl (C=O) groups excluding carboxylic acids is 2. The molecule has 6 nitrogen and oxygen atoms in total. The SMILES string of the molecule is NC(=O)[C@@H](N)CNC(=O)c1ccncc1. The van der Waals surface area contributed by atoms with Gasteiger partial charge >= 0.3 is 0 Å². The smallest absolute Gasteiger partial charge is 0.251 e. The van der Waals surface area contributed by atoms with Crippen LogP contribution in [0.3, 0.4) is 0 Å². The van der Waals surface area contributed by atoms with E-state index in [1.165, 1.54) is 12.4 Å². The molecular weight excluding hydrogens is 196 g/mol. The molecule has 1 aromatic heterocycles. The molecule has 0 radical (unpaired) electrons. The first-order valence-electron chi connectivity index (χ1n) is 4.34. The second-order valence-electron chi connectivity index (χ2n) is 2.95. The lowest BCUT2D eigenvalue weighted by atomic mass is 10.2. The van der Waals surface area contributed by atoms with Crippen LogP contribution in [0.2, 0.25) is 0 Å². The quantitative estimate of drug-likeness (QED) is 0.566. The summed E-state index contributed by atoms with van der Waals surface area (Å²) >= 11 is 0. The van der Waals surface area contributed by atoms with Crippen molar-refractivity contribution in [1.29, 1.82) is 0 Å². The molecule has 15 heavy (non-hydrogen) atoms. The van der Waals surface area contributed by atoms with Gasteiger partial charge in [0.05, 0.1) is 0 Å². The fraction of sp³-hybridized carbons (Fsp3) is 0.222. The molecule has 0 unspecified atom stereocenters. The van der Waals surface area contributed by atoms with Crippen molar-refractivity contribution in [2.75, 3.05) is 6.54 Å². The number of primary amides is 1. The minimum Gasteiger partial charge on any atom is -0.368 e. The molecule has 0 saturated heterocycles. The van der Waals surface area contributed by atoms with Gasteiger partial charge in [0.25, 0.3) is 5.91 Å². The number of amides is 2. The number of pyridine rings is 1. The number of nitrogens with one attached hydrogen (secondary N) is 1. The molecule has 0 fully saturated rings. The van der Waals surface area contributed by atoms with Gasteiger partial charge in [-0.25, -0.2) is 0 Å². The number of hydrogen-bond acceptors (Lipinski definition) is 4. The van der Waals surface area contributed by atoms with Crippen LogP contribution in [0.15, 0.2) is 24.5 Å². The highest BCUT2D eigenvalue weighted by atomic mass is 16.2. The summed E-state index contributed by atoms with van der Waals surface area (Å²) in [7, 11) is 0. The van der Waals surface area contributed by atoms with E-state index in [0.717, 1.165) is 0 Å². The Kier molecular flexibility index (Phi) is 3.75. The summed E-state index contributed by atoms with van der Waals surface area (Å²) < 4.78 is 0. The maximum Gasteiger partial charge on any atom is 0.251 e. The zero-order chi connectivity index (χ0) is 11.3. The number of rotatable bonds is 4. The van der Waals surface area contributed by atoms with Gasteiger partial charge in [-0.3, -0.25) is 14.6 Å². The van der Waals surface area contributed by atoms with Gasteiger partial charge in [0.1, 0.15) is 6.04 Å². The first-order chi connectivity index (χ1) is 7.11. The molecule has 5 N–H and O–H groups in total. The van der Waals surface area contributed by atoms with E-state index in [2.05, 4.69) is 10.3 Å². The largest absolute Gasteiger partial charge is 0.368 e. The molecule has 80 valence electrons. The summed E-state index contributed by atoms with van der Waals surface area (Å²) in [4.78, 5) is 25.8. The molecule has 1 heterocycles. The molecule has 1 rings (SSSR count). The Bertz CT molecular complexity index is 352. The Morgan fingerprint density at radius 2 is 2.00 bits per heavy atom. The van der Waals surface area contributed by atoms with E-state index in [9.17, 15) is 9.59 Å². The van der Waals surface area contributed by atoms with E-state index in [4.69, 9.17) is 11.5 Å². The Balaban J connectivity index is 2.47. The number of carbonyl (C=O) groups is 2. The van der Waals surface area contributed by atoms with Crippen LogP contribution in [-0.4, -0.2) is 29.4 Å². The first-order valence-corrected chi connectivity index (χ1v) is 4.34. The topological polar surface area (TPSA) is 111 Å². The highest BCUT2D eigenvalue weighted by Gasteiger charge is 2.11. The lowest BCUT2D eigenvalue weighted by Gasteiger charge is -2.08. The van der Waals surface area contributed by atoms with Crippen LogP contribution in [0, 0.1) is 0 Å². The first kappa shape index (κ1) is 11.1. The highest BCUT2D eigenvalue weighted by molar-refractivity contribution is 5.94. The van der Waals surface area contributed by atoms with Gasteiger partial charge in [-0.1, -0.05) is 0 Å². The summed E-state index contributed by atoms with van der Waals surface area (Å²) in [6, 6.07) is 2.26. The second kappa shape index (κ2) is 5.06. The monoisotopic (exact) mass is 208 g/mol. The van der Waals surface area contributed by atoms with Gasteiger partial charge < -0.3 is 16.8 Å². The van der Waals surface area contributed by atoms with E-state index in [0.29, 0.717) is 5.56 Å². The van der Waals surface area contributed by atoms with Gasteiger partial charge in [-0.05, 0) is 12.1 Å². The molecule has 1 atom stereocenters. The van der Waals surface area contributed by atoms with E-state index < -0.39 is 11.9 Å². The number of hydrogen-bond donors (Lipinski definition) is 3. The van der Waals surface area contributed by atoms with E-state index in [-0.39, 0.29) is 12.5 Å². The molecule has 2 amide bonds. The molecule has 0 aliphatic rings. The van der Waals surface area contributed by atoms with Gasteiger partial charge in [0.15, 0.2) is 0 Å². The molecule has 0 aromatic carbocycles. The molecule has 0 aliphatic heterocycles. The van der Waals surface area contributed by atoms with Crippen molar-refractivity contribution in [1.82, 2.24) is 10.3 Å². The van der Waals surface area contributed by atoms with E-state index in [1.807, 2.05) is 0 Å². The lowest BCUT2D eigenvalue weighted by Crippen LogP contribution is -2.45. The number of nitrogens with two attached hydrogens (primary N) is 2. The van der Waals surface area contributed by atoms with Crippen LogP contribution in [0.1, 0.15) is 10.4 Å². The maximum atomic E-state index is 11.4. The molecule has 0 saturated carbocycles. The predicted octanol–water partition coefficient (Wildman–Crippen LogP) is -1.38. The zero-order valence-corrected chi connectivity index (χ0v) is 8.01. The fourth-order valence-electron chi connectivity index (χ4n) is 0.909. The average Bonchev–Trinajstić information content (AvgIpc) is 2.26. The van der Waals surface area contributed by atoms with Crippen molar-refractivity contribution in [3.63, 3.8) is 0 Å². The second-order valence-corrected chi connectivity index (χ2v) is 2.95. The molecule has 0 aliphatic carbocycles. The summed E-state index contributed by atoms with van der Waals surface area (Å²) in [5.74, 6) is -0.959. The average molecular weight is 208 g/mol. The van der Waals surface area contributed by atoms with Crippen molar-refractivity contribution in [3.05, 3.63) is 30.1 Å². The number of nitrogens with zero attached hydrogens (tertiary/aromatic N) is 1. The predicted molar refractivity (Wildman–Crippen MR) is 53.7 cm³/mol. The van der Waals surface area contributed by atoms with E-state index in [1.54, 1.807) is 12.1 Å². The Morgan fingerprint density at radius 1 is 1.40 bits per heavy atom. The van der Waals surface area contributed by atoms with Gasteiger partial charge in [0, 0.05) is 24.5 Å². The Labute approximate surface area is 86.7 Å². The van der Waals surface area contributed by atoms with Gasteiger partial charge in [-0.2, -0.15) is 0 Å². The molecule has 0 spiro atoms. The summed E-state index contributed by atoms with van der Waals surface area (Å²) in [6.45, 7) is 0.0243. The third-order valence-corrected chi connectivity index (χ3v) is 1.79. The van der Waals surface area contributed by atoms with Crippen LogP contribution in [-0.2, 0) is 4.79 Å². The third kappa shape index (κ3) is 3.35. The maximum absolute atomic E-state index is 11.4. The Hall–Kier alpha value is -1.95. The van der Waals surface area contributed by atoms with E-state index >= 15 is 0 Å². The summed E-state index contributed by atoms with van der Waals surface area (Å²) in [5.41, 5.74) is 10.7. The van der Waals surface area contributed by atoms with Crippen molar-refractivity contribution >= 4 is 11.8 Å². The number of aromatic nitrogens is 1. The van der Waals surface area contributed by atoms with Crippen molar-refractivity contribution in [3.8, 4) is 0 Å². The van der Waals surface area contributed by atoms with Crippen molar-refractivity contribution in [2.45, 2.75) is 6.04 Å². The minimum absolute atomic E-state index is 0.0243. The van der Waals surface area contributed by atoms with Gasteiger partial charge in [0.2, 0.25) is 5.91 Å². The molecular formula is C9H12N4O2. The van der Waals surface area contributed by atoms with Crippen LogP contribution < -0.4 is 16.8 Å². The summed E-state index contributed by atoms with van der Waals surface area (Å²) in [5, 5.41) is 2.49. The molecule has 1 aromatic rings. The minimum atomic E-state index is -0.865. The molecule has 6 heteroatoms.